The number of halogens is 1. The van der Waals surface area contributed by atoms with E-state index in [-0.39, 0.29) is 34.9 Å². The number of nitrogens with zero attached hydrogens (tertiary/aromatic N) is 2. The number of sulfonamides is 1. The van der Waals surface area contributed by atoms with E-state index in [1.807, 2.05) is 0 Å². The van der Waals surface area contributed by atoms with Gasteiger partial charge in [0, 0.05) is 25.3 Å². The fraction of sp³-hybridized carbons (Fsp3) is 0.417. The standard InChI is InChI=1S/C12H17N5O4S.ClH/c1-12(2,6-13)16-22(20,21)7-4-8-9(14-5-7)17(3)11(19)15-10(8)18;/h4-5,16H,6,13H2,1-3H3,(H,15,18,19);1H. The normalized spacial score (nSPS) is 12.2. The van der Waals surface area contributed by atoms with E-state index in [2.05, 4.69) is 14.7 Å². The summed E-state index contributed by atoms with van der Waals surface area (Å²) in [6, 6.07) is 1.18. The van der Waals surface area contributed by atoms with E-state index in [0.717, 1.165) is 10.8 Å². The van der Waals surface area contributed by atoms with Crippen molar-refractivity contribution in [3.8, 4) is 0 Å². The molecule has 9 nitrogen and oxygen atoms in total. The largest absolute Gasteiger partial charge is 0.329 e. The molecule has 0 bridgehead atoms. The van der Waals surface area contributed by atoms with Gasteiger partial charge in [-0.3, -0.25) is 14.3 Å². The maximum absolute atomic E-state index is 12.3. The highest BCUT2D eigenvalue weighted by atomic mass is 35.5. The van der Waals surface area contributed by atoms with E-state index in [1.165, 1.54) is 13.1 Å². The Kier molecular flexibility index (Phi) is 5.37. The predicted molar refractivity (Wildman–Crippen MR) is 88.3 cm³/mol. The first-order chi connectivity index (χ1) is 10.1. The van der Waals surface area contributed by atoms with Gasteiger partial charge in [-0.25, -0.2) is 22.9 Å². The molecule has 0 saturated heterocycles. The Bertz CT molecular complexity index is 948. The van der Waals surface area contributed by atoms with E-state index in [9.17, 15) is 18.0 Å². The summed E-state index contributed by atoms with van der Waals surface area (Å²) in [5, 5.41) is 0.00975. The molecule has 0 radical (unpaired) electrons. The minimum atomic E-state index is -3.89. The highest BCUT2D eigenvalue weighted by Gasteiger charge is 2.25. The van der Waals surface area contributed by atoms with E-state index in [1.54, 1.807) is 13.8 Å². The molecule has 0 unspecified atom stereocenters. The van der Waals surface area contributed by atoms with E-state index >= 15 is 0 Å². The molecule has 0 aliphatic heterocycles. The average Bonchev–Trinajstić information content (AvgIpc) is 2.43. The van der Waals surface area contributed by atoms with Gasteiger partial charge < -0.3 is 5.73 Å². The fourth-order valence-electron chi connectivity index (χ4n) is 1.83. The summed E-state index contributed by atoms with van der Waals surface area (Å²) < 4.78 is 28.2. The molecule has 2 rings (SSSR count). The second-order valence-corrected chi connectivity index (χ2v) is 7.24. The summed E-state index contributed by atoms with van der Waals surface area (Å²) in [6.45, 7) is 3.37. The molecule has 2 aromatic rings. The van der Waals surface area contributed by atoms with Crippen molar-refractivity contribution in [1.82, 2.24) is 19.3 Å². The van der Waals surface area contributed by atoms with Crippen molar-refractivity contribution in [1.29, 1.82) is 0 Å². The molecule has 0 aliphatic rings. The van der Waals surface area contributed by atoms with Gasteiger partial charge in [-0.1, -0.05) is 0 Å². The Morgan fingerprint density at radius 1 is 1.39 bits per heavy atom. The zero-order chi connectivity index (χ0) is 16.7. The lowest BCUT2D eigenvalue weighted by atomic mass is 10.1. The summed E-state index contributed by atoms with van der Waals surface area (Å²) in [5.41, 5.74) is 3.45. The molecule has 0 spiro atoms. The van der Waals surface area contributed by atoms with Crippen molar-refractivity contribution in [2.24, 2.45) is 12.8 Å². The van der Waals surface area contributed by atoms with Gasteiger partial charge in [0.05, 0.1) is 5.39 Å². The zero-order valence-electron chi connectivity index (χ0n) is 12.8. The van der Waals surface area contributed by atoms with Gasteiger partial charge in [-0.15, -0.1) is 12.4 Å². The van der Waals surface area contributed by atoms with E-state index < -0.39 is 26.8 Å². The first-order valence-corrected chi connectivity index (χ1v) is 7.89. The number of nitrogens with two attached hydrogens (primary N) is 1. The fourth-order valence-corrected chi connectivity index (χ4v) is 3.22. The van der Waals surface area contributed by atoms with Crippen LogP contribution in [0.5, 0.6) is 0 Å². The molecular weight excluding hydrogens is 346 g/mol. The van der Waals surface area contributed by atoms with Crippen LogP contribution in [0.3, 0.4) is 0 Å². The Morgan fingerprint density at radius 3 is 2.57 bits per heavy atom. The van der Waals surface area contributed by atoms with Crippen molar-refractivity contribution >= 4 is 33.5 Å². The molecule has 2 heterocycles. The minimum Gasteiger partial charge on any atom is -0.329 e. The average molecular weight is 364 g/mol. The van der Waals surface area contributed by atoms with Crippen LogP contribution in [-0.4, -0.2) is 35.0 Å². The summed E-state index contributed by atoms with van der Waals surface area (Å²) in [6.07, 6.45) is 1.09. The molecule has 0 fully saturated rings. The third-order valence-corrected chi connectivity index (χ3v) is 4.83. The molecule has 0 saturated carbocycles. The number of hydrogen-bond donors (Lipinski definition) is 3. The number of aromatic amines is 1. The molecule has 0 aliphatic carbocycles. The van der Waals surface area contributed by atoms with Crippen molar-refractivity contribution in [3.63, 3.8) is 0 Å². The lowest BCUT2D eigenvalue weighted by Crippen LogP contribution is -2.48. The number of aromatic nitrogens is 3. The molecule has 128 valence electrons. The second-order valence-electron chi connectivity index (χ2n) is 5.55. The summed E-state index contributed by atoms with van der Waals surface area (Å²) in [5.74, 6) is 0. The molecule has 0 aromatic carbocycles. The van der Waals surface area contributed by atoms with Crippen LogP contribution in [0.2, 0.25) is 0 Å². The molecule has 2 aromatic heterocycles. The third kappa shape index (κ3) is 3.78. The van der Waals surface area contributed by atoms with Crippen LogP contribution in [0, 0.1) is 0 Å². The lowest BCUT2D eigenvalue weighted by molar-refractivity contribution is 0.462. The third-order valence-electron chi connectivity index (χ3n) is 3.16. The number of rotatable bonds is 4. The van der Waals surface area contributed by atoms with Gasteiger partial charge >= 0.3 is 5.69 Å². The summed E-state index contributed by atoms with van der Waals surface area (Å²) in [7, 11) is -2.47. The number of H-pyrrole nitrogens is 1. The molecular formula is C12H18ClN5O4S. The number of aryl methyl sites for hydroxylation is 1. The van der Waals surface area contributed by atoms with Gasteiger partial charge in [0.15, 0.2) is 0 Å². The highest BCUT2D eigenvalue weighted by molar-refractivity contribution is 7.89. The lowest BCUT2D eigenvalue weighted by Gasteiger charge is -2.23. The molecule has 4 N–H and O–H groups in total. The molecule has 23 heavy (non-hydrogen) atoms. The van der Waals surface area contributed by atoms with Gasteiger partial charge in [0.1, 0.15) is 10.5 Å². The second kappa shape index (κ2) is 6.40. The Labute approximate surface area is 138 Å². The molecule has 0 atom stereocenters. The molecule has 11 heteroatoms. The Hall–Kier alpha value is -1.75. The Morgan fingerprint density at radius 2 is 2.00 bits per heavy atom. The minimum absolute atomic E-state index is 0. The number of fused-ring (bicyclic) bond motifs is 1. The van der Waals surface area contributed by atoms with Crippen LogP contribution in [-0.2, 0) is 17.1 Å². The topological polar surface area (TPSA) is 140 Å². The van der Waals surface area contributed by atoms with Crippen LogP contribution in [0.4, 0.5) is 0 Å². The highest BCUT2D eigenvalue weighted by Crippen LogP contribution is 2.14. The Balaban J connectivity index is 0.00000264. The first kappa shape index (κ1) is 19.3. The zero-order valence-corrected chi connectivity index (χ0v) is 14.4. The molecule has 0 amide bonds. The van der Waals surface area contributed by atoms with Crippen molar-refractivity contribution in [3.05, 3.63) is 33.1 Å². The van der Waals surface area contributed by atoms with Crippen LogP contribution < -0.4 is 21.7 Å². The first-order valence-electron chi connectivity index (χ1n) is 6.40. The summed E-state index contributed by atoms with van der Waals surface area (Å²) >= 11 is 0. The number of pyridine rings is 1. The number of hydrogen-bond acceptors (Lipinski definition) is 6. The van der Waals surface area contributed by atoms with Gasteiger partial charge in [0.2, 0.25) is 10.0 Å². The maximum atomic E-state index is 12.3. The van der Waals surface area contributed by atoms with E-state index in [4.69, 9.17) is 5.73 Å². The van der Waals surface area contributed by atoms with Crippen LogP contribution in [0.15, 0.2) is 26.7 Å². The predicted octanol–water partition coefficient (Wildman–Crippen LogP) is -0.941. The smallest absolute Gasteiger partial charge is 0.329 e. The quantitative estimate of drug-likeness (QED) is 0.640. The van der Waals surface area contributed by atoms with Crippen LogP contribution >= 0.6 is 12.4 Å². The van der Waals surface area contributed by atoms with Gasteiger partial charge in [-0.05, 0) is 19.9 Å². The van der Waals surface area contributed by atoms with Gasteiger partial charge in [-0.2, -0.15) is 0 Å². The maximum Gasteiger partial charge on any atom is 0.329 e. The van der Waals surface area contributed by atoms with Crippen molar-refractivity contribution < 1.29 is 8.42 Å². The SMILES string of the molecule is Cl.Cn1c(=O)[nH]c(=O)c2cc(S(=O)(=O)NC(C)(C)CN)cnc21. The van der Waals surface area contributed by atoms with E-state index in [0.29, 0.717) is 0 Å². The number of nitrogens with one attached hydrogen (secondary N) is 2. The monoisotopic (exact) mass is 363 g/mol. The summed E-state index contributed by atoms with van der Waals surface area (Å²) in [4.78, 5) is 29.2. The van der Waals surface area contributed by atoms with Crippen molar-refractivity contribution in [2.45, 2.75) is 24.3 Å². The van der Waals surface area contributed by atoms with Crippen LogP contribution in [0.25, 0.3) is 11.0 Å². The van der Waals surface area contributed by atoms with Crippen LogP contribution in [0.1, 0.15) is 13.8 Å². The van der Waals surface area contributed by atoms with Crippen molar-refractivity contribution in [2.75, 3.05) is 6.54 Å². The van der Waals surface area contributed by atoms with Gasteiger partial charge in [0.25, 0.3) is 5.56 Å².